The summed E-state index contributed by atoms with van der Waals surface area (Å²) in [6.45, 7) is 14.3. The molecule has 0 nitrogen and oxygen atoms in total. The molecule has 0 aliphatic carbocycles. The van der Waals surface area contributed by atoms with Gasteiger partial charge in [0.05, 0.1) is 0 Å². The van der Waals surface area contributed by atoms with Crippen molar-refractivity contribution in [3.8, 4) is 0 Å². The van der Waals surface area contributed by atoms with Crippen LogP contribution in [0.2, 0.25) is 0 Å². The summed E-state index contributed by atoms with van der Waals surface area (Å²) in [7, 11) is 0. The van der Waals surface area contributed by atoms with Crippen molar-refractivity contribution in [1.82, 2.24) is 0 Å². The highest BCUT2D eigenvalue weighted by Gasteiger charge is 2.01. The van der Waals surface area contributed by atoms with Crippen LogP contribution in [0.4, 0.5) is 0 Å². The van der Waals surface area contributed by atoms with Crippen molar-refractivity contribution in [2.24, 2.45) is 0 Å². The van der Waals surface area contributed by atoms with E-state index in [1.54, 1.807) is 0 Å². The van der Waals surface area contributed by atoms with Gasteiger partial charge < -0.3 is 0 Å². The van der Waals surface area contributed by atoms with Gasteiger partial charge in [-0.15, -0.1) is 0 Å². The van der Waals surface area contributed by atoms with Crippen molar-refractivity contribution in [1.29, 1.82) is 0 Å². The molecule has 0 heteroatoms. The summed E-state index contributed by atoms with van der Waals surface area (Å²) in [6, 6.07) is 20.4. The van der Waals surface area contributed by atoms with E-state index in [1.807, 2.05) is 48.6 Å². The lowest BCUT2D eigenvalue weighted by Gasteiger charge is -2.07. The summed E-state index contributed by atoms with van der Waals surface area (Å²) in [5.41, 5.74) is 6.32. The maximum Gasteiger partial charge on any atom is -0.0184 e. The second-order valence-electron chi connectivity index (χ2n) is 5.41. The standard InChI is InChI=1S/C23H22/c1-5-21(23-14-10-7-11-15-23)17-19(3)18(2)16-20(4)22-12-8-6-9-13-22/h5-17H,1-3H2,4H3. The van der Waals surface area contributed by atoms with Gasteiger partial charge >= 0.3 is 0 Å². The monoisotopic (exact) mass is 298 g/mol. The average molecular weight is 298 g/mol. The smallest absolute Gasteiger partial charge is 0.0184 e. The average Bonchev–Trinajstić information content (AvgIpc) is 2.60. The quantitative estimate of drug-likeness (QED) is 0.536. The van der Waals surface area contributed by atoms with Crippen molar-refractivity contribution in [3.05, 3.63) is 121 Å². The van der Waals surface area contributed by atoms with Crippen molar-refractivity contribution in [3.63, 3.8) is 0 Å². The van der Waals surface area contributed by atoms with E-state index in [4.69, 9.17) is 0 Å². The first-order valence-electron chi connectivity index (χ1n) is 7.63. The number of hydrogen-bond acceptors (Lipinski definition) is 0. The van der Waals surface area contributed by atoms with Crippen LogP contribution >= 0.6 is 0 Å². The zero-order valence-electron chi connectivity index (χ0n) is 13.6. The molecule has 0 unspecified atom stereocenters. The third-order valence-electron chi connectivity index (χ3n) is 3.69. The van der Waals surface area contributed by atoms with Crippen LogP contribution in [0.15, 0.2) is 110 Å². The highest BCUT2D eigenvalue weighted by atomic mass is 14.1. The first-order valence-corrected chi connectivity index (χ1v) is 7.63. The van der Waals surface area contributed by atoms with Crippen LogP contribution in [0.3, 0.4) is 0 Å². The number of rotatable bonds is 6. The summed E-state index contributed by atoms with van der Waals surface area (Å²) < 4.78 is 0. The fourth-order valence-electron chi connectivity index (χ4n) is 2.31. The van der Waals surface area contributed by atoms with Gasteiger partial charge in [-0.2, -0.15) is 0 Å². The van der Waals surface area contributed by atoms with Crippen LogP contribution in [-0.2, 0) is 0 Å². The van der Waals surface area contributed by atoms with Crippen molar-refractivity contribution >= 4 is 11.1 Å². The molecule has 0 saturated carbocycles. The van der Waals surface area contributed by atoms with E-state index < -0.39 is 0 Å². The summed E-state index contributed by atoms with van der Waals surface area (Å²) in [5.74, 6) is 0. The summed E-state index contributed by atoms with van der Waals surface area (Å²) in [4.78, 5) is 0. The van der Waals surface area contributed by atoms with E-state index in [0.717, 1.165) is 22.3 Å². The molecule has 2 aromatic carbocycles. The van der Waals surface area contributed by atoms with Crippen LogP contribution in [-0.4, -0.2) is 0 Å². The molecule has 0 bridgehead atoms. The minimum absolute atomic E-state index is 0.888. The molecule has 2 rings (SSSR count). The molecule has 0 aromatic heterocycles. The fraction of sp³-hybridized carbons (Fsp3) is 0.0435. The summed E-state index contributed by atoms with van der Waals surface area (Å²) in [5, 5.41) is 0. The molecule has 0 spiro atoms. The van der Waals surface area contributed by atoms with E-state index >= 15 is 0 Å². The van der Waals surface area contributed by atoms with Gasteiger partial charge in [0.2, 0.25) is 0 Å². The predicted octanol–water partition coefficient (Wildman–Crippen LogP) is 6.47. The van der Waals surface area contributed by atoms with E-state index in [2.05, 4.69) is 57.0 Å². The van der Waals surface area contributed by atoms with Gasteiger partial charge in [0.1, 0.15) is 0 Å². The number of benzene rings is 2. The Balaban J connectivity index is 2.21. The lowest BCUT2D eigenvalue weighted by Crippen LogP contribution is -1.86. The second kappa shape index (κ2) is 7.95. The Hall–Kier alpha value is -2.86. The van der Waals surface area contributed by atoms with Crippen LogP contribution in [0.5, 0.6) is 0 Å². The summed E-state index contributed by atoms with van der Waals surface area (Å²) in [6.07, 6.45) is 5.95. The van der Waals surface area contributed by atoms with E-state index in [-0.39, 0.29) is 0 Å². The molecule has 2 aromatic rings. The maximum absolute atomic E-state index is 4.15. The Morgan fingerprint density at radius 1 is 0.739 bits per heavy atom. The Morgan fingerprint density at radius 2 is 1.22 bits per heavy atom. The summed E-state index contributed by atoms with van der Waals surface area (Å²) >= 11 is 0. The van der Waals surface area contributed by atoms with Gasteiger partial charge in [0.15, 0.2) is 0 Å². The molecule has 0 fully saturated rings. The largest absolute Gasteiger partial charge is 0.0984 e. The molecule has 23 heavy (non-hydrogen) atoms. The molecule has 0 aliphatic heterocycles. The lowest BCUT2D eigenvalue weighted by molar-refractivity contribution is 1.52. The number of hydrogen-bond donors (Lipinski definition) is 0. The van der Waals surface area contributed by atoms with Crippen LogP contribution < -0.4 is 0 Å². The molecule has 0 N–H and O–H groups in total. The van der Waals surface area contributed by atoms with Crippen molar-refractivity contribution < 1.29 is 0 Å². The molecule has 0 heterocycles. The van der Waals surface area contributed by atoms with Crippen molar-refractivity contribution in [2.75, 3.05) is 0 Å². The highest BCUT2D eigenvalue weighted by molar-refractivity contribution is 5.77. The SMILES string of the molecule is C=CC(=CC(=C)C(=C)C=C(C)c1ccccc1)c1ccccc1. The molecule has 0 aliphatic rings. The van der Waals surface area contributed by atoms with Gasteiger partial charge in [-0.1, -0.05) is 92.6 Å². The molecule has 0 amide bonds. The zero-order chi connectivity index (χ0) is 16.7. The third-order valence-corrected chi connectivity index (χ3v) is 3.69. The van der Waals surface area contributed by atoms with Gasteiger partial charge in [-0.05, 0) is 46.4 Å². The van der Waals surface area contributed by atoms with Crippen LogP contribution in [0.25, 0.3) is 11.1 Å². The Bertz CT molecular complexity index is 756. The van der Waals surface area contributed by atoms with Gasteiger partial charge in [-0.25, -0.2) is 0 Å². The minimum atomic E-state index is 0.888. The topological polar surface area (TPSA) is 0 Å². The Labute approximate surface area is 139 Å². The zero-order valence-corrected chi connectivity index (χ0v) is 13.6. The van der Waals surface area contributed by atoms with E-state index in [1.165, 1.54) is 11.1 Å². The molecule has 114 valence electrons. The first kappa shape index (κ1) is 16.5. The van der Waals surface area contributed by atoms with Crippen LogP contribution in [0, 0.1) is 0 Å². The molecule has 0 saturated heterocycles. The second-order valence-corrected chi connectivity index (χ2v) is 5.41. The maximum atomic E-state index is 4.15. The van der Waals surface area contributed by atoms with Crippen LogP contribution in [0.1, 0.15) is 18.1 Å². The Kier molecular flexibility index (Phi) is 5.71. The molecule has 0 atom stereocenters. The molecular weight excluding hydrogens is 276 g/mol. The lowest BCUT2D eigenvalue weighted by atomic mass is 9.98. The van der Waals surface area contributed by atoms with Crippen molar-refractivity contribution in [2.45, 2.75) is 6.92 Å². The van der Waals surface area contributed by atoms with Gasteiger partial charge in [0, 0.05) is 0 Å². The fourth-order valence-corrected chi connectivity index (χ4v) is 2.31. The first-order chi connectivity index (χ1) is 11.1. The van der Waals surface area contributed by atoms with E-state index in [9.17, 15) is 0 Å². The predicted molar refractivity (Wildman–Crippen MR) is 103 cm³/mol. The van der Waals surface area contributed by atoms with Gasteiger partial charge in [0.25, 0.3) is 0 Å². The normalized spacial score (nSPS) is 11.9. The molecular formula is C23H22. The highest BCUT2D eigenvalue weighted by Crippen LogP contribution is 2.22. The third kappa shape index (κ3) is 4.55. The Morgan fingerprint density at radius 3 is 1.74 bits per heavy atom. The number of allylic oxidation sites excluding steroid dienone is 7. The molecule has 0 radical (unpaired) electrons. The van der Waals surface area contributed by atoms with Gasteiger partial charge in [-0.3, -0.25) is 0 Å². The minimum Gasteiger partial charge on any atom is -0.0984 e. The van der Waals surface area contributed by atoms with E-state index in [0.29, 0.717) is 0 Å².